The summed E-state index contributed by atoms with van der Waals surface area (Å²) < 4.78 is 5.10. The Balaban J connectivity index is 2.13. The number of hydrogen-bond donors (Lipinski definition) is 1. The van der Waals surface area contributed by atoms with Crippen molar-refractivity contribution in [3.8, 4) is 0 Å². The zero-order valence-electron chi connectivity index (χ0n) is 12.2. The zero-order chi connectivity index (χ0) is 15.1. The van der Waals surface area contributed by atoms with E-state index in [1.54, 1.807) is 6.92 Å². The van der Waals surface area contributed by atoms with E-state index in [2.05, 4.69) is 9.97 Å². The highest BCUT2D eigenvalue weighted by Gasteiger charge is 2.30. The van der Waals surface area contributed by atoms with Crippen molar-refractivity contribution in [2.45, 2.75) is 26.9 Å². The Hall–Kier alpha value is -1.73. The summed E-state index contributed by atoms with van der Waals surface area (Å²) in [6.45, 7) is 6.99. The molecule has 1 saturated heterocycles. The molecular weight excluding hydrogens is 290 g/mol. The van der Waals surface area contributed by atoms with Crippen LogP contribution in [0.4, 0.5) is 5.82 Å². The monoisotopic (exact) mass is 307 g/mol. The topological polar surface area (TPSA) is 75.5 Å². The predicted molar refractivity (Wildman–Crippen MR) is 81.1 cm³/mol. The number of fused-ring (bicyclic) bond motifs is 1. The van der Waals surface area contributed by atoms with Gasteiger partial charge in [0.2, 0.25) is 0 Å². The lowest BCUT2D eigenvalue weighted by molar-refractivity contribution is 0.0531. The molecule has 0 aliphatic carbocycles. The average Bonchev–Trinajstić information content (AvgIpc) is 2.72. The molecule has 2 aromatic heterocycles. The van der Waals surface area contributed by atoms with Crippen molar-refractivity contribution in [3.05, 3.63) is 16.3 Å². The molecule has 1 aliphatic rings. The molecule has 1 fully saturated rings. The van der Waals surface area contributed by atoms with Crippen LogP contribution in [-0.2, 0) is 4.74 Å². The number of aryl methyl sites for hydroxylation is 2. The van der Waals surface area contributed by atoms with Crippen LogP contribution >= 0.6 is 11.3 Å². The summed E-state index contributed by atoms with van der Waals surface area (Å²) in [5.74, 6) is 1.15. The minimum absolute atomic E-state index is 0.307. The van der Waals surface area contributed by atoms with Crippen molar-refractivity contribution in [1.82, 2.24) is 9.97 Å². The Bertz CT molecular complexity index is 707. The number of carbonyl (C=O) groups excluding carboxylic acids is 1. The number of nitrogens with zero attached hydrogens (tertiary/aromatic N) is 3. The number of aliphatic hydroxyl groups is 1. The van der Waals surface area contributed by atoms with Gasteiger partial charge >= 0.3 is 5.97 Å². The summed E-state index contributed by atoms with van der Waals surface area (Å²) in [5, 5.41) is 10.4. The van der Waals surface area contributed by atoms with Crippen LogP contribution in [-0.4, -0.2) is 46.8 Å². The molecule has 7 heteroatoms. The SMILES string of the molecule is CCOC(=O)c1sc2nc(C)nc(N3CC(O)C3)c2c1C. The number of rotatable bonds is 3. The molecule has 0 unspecified atom stereocenters. The molecule has 3 heterocycles. The Kier molecular flexibility index (Phi) is 3.54. The van der Waals surface area contributed by atoms with Gasteiger partial charge in [-0.1, -0.05) is 0 Å². The summed E-state index contributed by atoms with van der Waals surface area (Å²) in [7, 11) is 0. The Morgan fingerprint density at radius 1 is 1.43 bits per heavy atom. The van der Waals surface area contributed by atoms with Gasteiger partial charge in [-0.15, -0.1) is 11.3 Å². The second-order valence-electron chi connectivity index (χ2n) is 5.11. The molecule has 1 aliphatic heterocycles. The molecule has 0 atom stereocenters. The van der Waals surface area contributed by atoms with E-state index in [0.29, 0.717) is 30.4 Å². The van der Waals surface area contributed by atoms with Gasteiger partial charge in [0, 0.05) is 13.1 Å². The number of hydrogen-bond acceptors (Lipinski definition) is 7. The third-order valence-corrected chi connectivity index (χ3v) is 4.67. The maximum absolute atomic E-state index is 12.0. The van der Waals surface area contributed by atoms with Gasteiger partial charge in [-0.05, 0) is 26.3 Å². The first-order valence-corrected chi connectivity index (χ1v) is 7.70. The lowest BCUT2D eigenvalue weighted by atomic mass is 10.1. The van der Waals surface area contributed by atoms with E-state index >= 15 is 0 Å². The molecule has 0 amide bonds. The van der Waals surface area contributed by atoms with E-state index in [1.807, 2.05) is 18.7 Å². The average molecular weight is 307 g/mol. The smallest absolute Gasteiger partial charge is 0.348 e. The van der Waals surface area contributed by atoms with Crippen LogP contribution in [0.3, 0.4) is 0 Å². The zero-order valence-corrected chi connectivity index (χ0v) is 13.0. The minimum atomic E-state index is -0.315. The predicted octanol–water partition coefficient (Wildman–Crippen LogP) is 1.67. The first-order chi connectivity index (χ1) is 10.0. The van der Waals surface area contributed by atoms with Gasteiger partial charge in [0.25, 0.3) is 0 Å². The van der Waals surface area contributed by atoms with Crippen molar-refractivity contribution >= 4 is 33.3 Å². The van der Waals surface area contributed by atoms with E-state index in [1.165, 1.54) is 11.3 Å². The Morgan fingerprint density at radius 3 is 2.76 bits per heavy atom. The molecule has 0 spiro atoms. The maximum Gasteiger partial charge on any atom is 0.348 e. The summed E-state index contributed by atoms with van der Waals surface area (Å²) >= 11 is 1.34. The van der Waals surface area contributed by atoms with Crippen LogP contribution in [0, 0.1) is 13.8 Å². The van der Waals surface area contributed by atoms with Crippen LogP contribution in [0.15, 0.2) is 0 Å². The first kappa shape index (κ1) is 14.2. The van der Waals surface area contributed by atoms with E-state index in [0.717, 1.165) is 21.6 Å². The number of ether oxygens (including phenoxy) is 1. The fourth-order valence-corrected chi connectivity index (χ4v) is 3.58. The van der Waals surface area contributed by atoms with Crippen LogP contribution in [0.1, 0.15) is 28.0 Å². The van der Waals surface area contributed by atoms with Crippen molar-refractivity contribution in [2.24, 2.45) is 0 Å². The molecule has 0 aromatic carbocycles. The normalized spacial score (nSPS) is 15.3. The third kappa shape index (κ3) is 2.36. The van der Waals surface area contributed by atoms with Crippen molar-refractivity contribution < 1.29 is 14.6 Å². The lowest BCUT2D eigenvalue weighted by Crippen LogP contribution is -2.51. The number of β-amino-alcohol motifs (C(OH)–C–C–N with tert-alkyl or cyclic N) is 1. The van der Waals surface area contributed by atoms with Gasteiger partial charge in [-0.2, -0.15) is 0 Å². The summed E-state index contributed by atoms with van der Waals surface area (Å²) in [4.78, 5) is 24.3. The van der Waals surface area contributed by atoms with Gasteiger partial charge in [0.15, 0.2) is 0 Å². The van der Waals surface area contributed by atoms with Crippen LogP contribution < -0.4 is 4.90 Å². The number of anilines is 1. The molecule has 6 nitrogen and oxygen atoms in total. The van der Waals surface area contributed by atoms with Crippen LogP contribution in [0.5, 0.6) is 0 Å². The third-order valence-electron chi connectivity index (χ3n) is 3.51. The minimum Gasteiger partial charge on any atom is -0.462 e. The first-order valence-electron chi connectivity index (χ1n) is 6.89. The molecule has 0 saturated carbocycles. The van der Waals surface area contributed by atoms with Crippen molar-refractivity contribution in [3.63, 3.8) is 0 Å². The molecule has 2 aromatic rings. The fraction of sp³-hybridized carbons (Fsp3) is 0.500. The standard InChI is InChI=1S/C14H17N3O3S/c1-4-20-14(19)11-7(2)10-12(17-5-9(18)6-17)15-8(3)16-13(10)21-11/h9,18H,4-6H2,1-3H3. The summed E-state index contributed by atoms with van der Waals surface area (Å²) in [6, 6.07) is 0. The quantitative estimate of drug-likeness (QED) is 0.869. The molecule has 21 heavy (non-hydrogen) atoms. The molecule has 3 rings (SSSR count). The largest absolute Gasteiger partial charge is 0.462 e. The highest BCUT2D eigenvalue weighted by molar-refractivity contribution is 7.20. The molecular formula is C14H17N3O3S. The lowest BCUT2D eigenvalue weighted by Gasteiger charge is -2.37. The van der Waals surface area contributed by atoms with E-state index in [9.17, 15) is 9.90 Å². The maximum atomic E-state index is 12.0. The number of aromatic nitrogens is 2. The summed E-state index contributed by atoms with van der Waals surface area (Å²) in [5.41, 5.74) is 0.852. The van der Waals surface area contributed by atoms with Crippen molar-refractivity contribution in [2.75, 3.05) is 24.6 Å². The van der Waals surface area contributed by atoms with Gasteiger partial charge in [0.05, 0.1) is 18.1 Å². The Morgan fingerprint density at radius 2 is 2.14 bits per heavy atom. The molecule has 0 radical (unpaired) electrons. The second-order valence-corrected chi connectivity index (χ2v) is 6.11. The van der Waals surface area contributed by atoms with Gasteiger partial charge in [-0.25, -0.2) is 14.8 Å². The summed E-state index contributed by atoms with van der Waals surface area (Å²) in [6.07, 6.45) is -0.307. The van der Waals surface area contributed by atoms with Crippen LogP contribution in [0.25, 0.3) is 10.2 Å². The van der Waals surface area contributed by atoms with Crippen LogP contribution in [0.2, 0.25) is 0 Å². The highest BCUT2D eigenvalue weighted by atomic mass is 32.1. The number of esters is 1. The molecule has 0 bridgehead atoms. The highest BCUT2D eigenvalue weighted by Crippen LogP contribution is 2.37. The van der Waals surface area contributed by atoms with Gasteiger partial charge in [0.1, 0.15) is 21.3 Å². The number of carbonyl (C=O) groups is 1. The van der Waals surface area contributed by atoms with Gasteiger partial charge < -0.3 is 14.7 Å². The van der Waals surface area contributed by atoms with E-state index in [-0.39, 0.29) is 12.1 Å². The number of aliphatic hydroxyl groups excluding tert-OH is 1. The van der Waals surface area contributed by atoms with Gasteiger partial charge in [-0.3, -0.25) is 0 Å². The van der Waals surface area contributed by atoms with E-state index in [4.69, 9.17) is 4.74 Å². The van der Waals surface area contributed by atoms with E-state index < -0.39 is 0 Å². The second kappa shape index (κ2) is 5.23. The molecule has 112 valence electrons. The number of thiophene rings is 1. The Labute approximate surface area is 126 Å². The fourth-order valence-electron chi connectivity index (χ4n) is 2.47. The van der Waals surface area contributed by atoms with Crippen molar-refractivity contribution in [1.29, 1.82) is 0 Å². The molecule has 1 N–H and O–H groups in total.